The fraction of sp³-hybridized carbons (Fsp3) is 0.0909. The number of para-hydroxylation sites is 2. The fourth-order valence-corrected chi connectivity index (χ4v) is 2.76. The quantitative estimate of drug-likeness (QED) is 0.496. The van der Waals surface area contributed by atoms with Crippen molar-refractivity contribution >= 4 is 23.2 Å². The van der Waals surface area contributed by atoms with Crippen LogP contribution in [0.5, 0.6) is 5.75 Å². The minimum atomic E-state index is -4.58. The van der Waals surface area contributed by atoms with Gasteiger partial charge in [0, 0.05) is 5.56 Å². The lowest BCUT2D eigenvalue weighted by Crippen LogP contribution is -2.31. The predicted octanol–water partition coefficient (Wildman–Crippen LogP) is 4.72. The summed E-state index contributed by atoms with van der Waals surface area (Å²) in [6.45, 7) is 0. The summed E-state index contributed by atoms with van der Waals surface area (Å²) < 4.78 is 44.4. The second-order valence-electron chi connectivity index (χ2n) is 6.35. The van der Waals surface area contributed by atoms with E-state index in [-0.39, 0.29) is 16.9 Å². The number of nitrogens with one attached hydrogen (secondary N) is 3. The van der Waals surface area contributed by atoms with Crippen LogP contribution in [0.15, 0.2) is 72.8 Å². The molecule has 0 fully saturated rings. The summed E-state index contributed by atoms with van der Waals surface area (Å²) in [5.41, 5.74) is 3.93. The Bertz CT molecular complexity index is 1080. The van der Waals surface area contributed by atoms with Gasteiger partial charge in [0.05, 0.1) is 29.6 Å². The average Bonchev–Trinajstić information content (AvgIpc) is 2.77. The number of alkyl halides is 3. The molecule has 0 aromatic heterocycles. The Labute approximate surface area is 176 Å². The third-order valence-electron chi connectivity index (χ3n) is 4.32. The average molecular weight is 429 g/mol. The summed E-state index contributed by atoms with van der Waals surface area (Å²) in [5, 5.41) is 2.63. The molecule has 3 aromatic carbocycles. The van der Waals surface area contributed by atoms with Crippen molar-refractivity contribution in [1.82, 2.24) is 5.43 Å². The molecule has 0 aliphatic heterocycles. The molecule has 6 nitrogen and oxygen atoms in total. The number of amides is 2. The number of rotatable bonds is 6. The van der Waals surface area contributed by atoms with Crippen molar-refractivity contribution in [3.05, 3.63) is 89.5 Å². The Kier molecular flexibility index (Phi) is 6.44. The van der Waals surface area contributed by atoms with Gasteiger partial charge in [0.2, 0.25) is 0 Å². The predicted molar refractivity (Wildman–Crippen MR) is 110 cm³/mol. The van der Waals surface area contributed by atoms with Gasteiger partial charge >= 0.3 is 6.18 Å². The van der Waals surface area contributed by atoms with Gasteiger partial charge in [-0.15, -0.1) is 0 Å². The van der Waals surface area contributed by atoms with E-state index in [0.29, 0.717) is 11.3 Å². The van der Waals surface area contributed by atoms with Crippen LogP contribution in [0.25, 0.3) is 0 Å². The Morgan fingerprint density at radius 2 is 1.42 bits per heavy atom. The van der Waals surface area contributed by atoms with Crippen LogP contribution < -0.4 is 20.9 Å². The van der Waals surface area contributed by atoms with Crippen molar-refractivity contribution in [3.63, 3.8) is 0 Å². The number of hydrogen-bond donors (Lipinski definition) is 3. The minimum absolute atomic E-state index is 0.0707. The topological polar surface area (TPSA) is 79.5 Å². The van der Waals surface area contributed by atoms with Crippen LogP contribution in [0, 0.1) is 0 Å². The molecule has 0 bridgehead atoms. The number of hydrogen-bond acceptors (Lipinski definition) is 4. The molecule has 3 aromatic rings. The molecule has 0 saturated carbocycles. The van der Waals surface area contributed by atoms with Crippen molar-refractivity contribution in [3.8, 4) is 5.75 Å². The molecule has 2 amide bonds. The van der Waals surface area contributed by atoms with E-state index in [0.717, 1.165) is 6.07 Å². The fourth-order valence-electron chi connectivity index (χ4n) is 2.76. The van der Waals surface area contributed by atoms with Crippen LogP contribution in [0.3, 0.4) is 0 Å². The third kappa shape index (κ3) is 5.33. The molecule has 0 unspecified atom stereocenters. The second-order valence-corrected chi connectivity index (χ2v) is 6.35. The molecule has 0 atom stereocenters. The summed E-state index contributed by atoms with van der Waals surface area (Å²) in [6.07, 6.45) is -4.58. The maximum atomic E-state index is 13.1. The standard InChI is InChI=1S/C22H18F3N3O3/c1-31-15-12-10-14(11-13-15)20(29)26-18-8-4-2-6-16(18)21(30)28-27-19-9-5-3-7-17(19)22(23,24)25/h2-13,27H,1H3,(H,26,29)(H,28,30). The van der Waals surface area contributed by atoms with Gasteiger partial charge in [0.25, 0.3) is 11.8 Å². The largest absolute Gasteiger partial charge is 0.497 e. The molecule has 3 N–H and O–H groups in total. The van der Waals surface area contributed by atoms with E-state index in [9.17, 15) is 22.8 Å². The van der Waals surface area contributed by atoms with Gasteiger partial charge in [0.15, 0.2) is 0 Å². The second kappa shape index (κ2) is 9.21. The SMILES string of the molecule is COc1ccc(C(=O)Nc2ccccc2C(=O)NNc2ccccc2C(F)(F)F)cc1. The lowest BCUT2D eigenvalue weighted by molar-refractivity contribution is -0.137. The molecule has 0 saturated heterocycles. The van der Waals surface area contributed by atoms with Gasteiger partial charge in [0.1, 0.15) is 5.75 Å². The highest BCUT2D eigenvalue weighted by Crippen LogP contribution is 2.34. The summed E-state index contributed by atoms with van der Waals surface area (Å²) in [7, 11) is 1.51. The number of anilines is 2. The van der Waals surface area contributed by atoms with Crippen molar-refractivity contribution in [2.24, 2.45) is 0 Å². The molecule has 0 spiro atoms. The molecule has 9 heteroatoms. The number of halogens is 3. The van der Waals surface area contributed by atoms with Crippen LogP contribution in [-0.4, -0.2) is 18.9 Å². The molecular weight excluding hydrogens is 411 g/mol. The maximum Gasteiger partial charge on any atom is 0.418 e. The van der Waals surface area contributed by atoms with E-state index >= 15 is 0 Å². The Morgan fingerprint density at radius 3 is 2.06 bits per heavy atom. The minimum Gasteiger partial charge on any atom is -0.497 e. The zero-order chi connectivity index (χ0) is 22.4. The van der Waals surface area contributed by atoms with E-state index < -0.39 is 23.6 Å². The van der Waals surface area contributed by atoms with Crippen molar-refractivity contribution < 1.29 is 27.5 Å². The van der Waals surface area contributed by atoms with E-state index in [1.54, 1.807) is 36.4 Å². The smallest absolute Gasteiger partial charge is 0.418 e. The van der Waals surface area contributed by atoms with Crippen LogP contribution >= 0.6 is 0 Å². The lowest BCUT2D eigenvalue weighted by atomic mass is 10.1. The summed E-state index contributed by atoms with van der Waals surface area (Å²) in [5.74, 6) is -0.595. The first kappa shape index (κ1) is 21.7. The number of carbonyl (C=O) groups excluding carboxylic acids is 2. The zero-order valence-corrected chi connectivity index (χ0v) is 16.3. The van der Waals surface area contributed by atoms with Crippen molar-refractivity contribution in [2.45, 2.75) is 6.18 Å². The van der Waals surface area contributed by atoms with Crippen LogP contribution in [0.2, 0.25) is 0 Å². The van der Waals surface area contributed by atoms with Crippen molar-refractivity contribution in [1.29, 1.82) is 0 Å². The molecule has 0 aliphatic carbocycles. The number of ether oxygens (including phenoxy) is 1. The summed E-state index contributed by atoms with van der Waals surface area (Å²) >= 11 is 0. The number of methoxy groups -OCH3 is 1. The van der Waals surface area contributed by atoms with Gasteiger partial charge in [-0.05, 0) is 48.5 Å². The maximum absolute atomic E-state index is 13.1. The Balaban J connectivity index is 1.74. The molecule has 31 heavy (non-hydrogen) atoms. The summed E-state index contributed by atoms with van der Waals surface area (Å²) in [4.78, 5) is 25.1. The first-order chi connectivity index (χ1) is 14.8. The van der Waals surface area contributed by atoms with E-state index in [2.05, 4.69) is 16.2 Å². The van der Waals surface area contributed by atoms with Gasteiger partial charge in [-0.2, -0.15) is 13.2 Å². The first-order valence-corrected chi connectivity index (χ1v) is 9.06. The normalized spacial score (nSPS) is 10.8. The number of carbonyl (C=O) groups is 2. The molecule has 3 rings (SSSR count). The van der Waals surface area contributed by atoms with Gasteiger partial charge < -0.3 is 10.1 Å². The molecule has 0 radical (unpaired) electrons. The number of hydrazine groups is 1. The monoisotopic (exact) mass is 429 g/mol. The van der Waals surface area contributed by atoms with E-state index in [1.165, 1.54) is 37.4 Å². The zero-order valence-electron chi connectivity index (χ0n) is 16.3. The highest BCUT2D eigenvalue weighted by atomic mass is 19.4. The Morgan fingerprint density at radius 1 is 0.806 bits per heavy atom. The van der Waals surface area contributed by atoms with Gasteiger partial charge in [-0.1, -0.05) is 24.3 Å². The molecule has 0 heterocycles. The molecule has 160 valence electrons. The highest BCUT2D eigenvalue weighted by molar-refractivity contribution is 6.09. The van der Waals surface area contributed by atoms with Crippen LogP contribution in [0.4, 0.5) is 24.5 Å². The van der Waals surface area contributed by atoms with Crippen molar-refractivity contribution in [2.75, 3.05) is 17.9 Å². The first-order valence-electron chi connectivity index (χ1n) is 9.06. The number of benzene rings is 3. The lowest BCUT2D eigenvalue weighted by Gasteiger charge is -2.16. The summed E-state index contributed by atoms with van der Waals surface area (Å²) in [6, 6.07) is 17.3. The van der Waals surface area contributed by atoms with E-state index in [1.807, 2.05) is 0 Å². The third-order valence-corrected chi connectivity index (χ3v) is 4.32. The molecular formula is C22H18F3N3O3. The highest BCUT2D eigenvalue weighted by Gasteiger charge is 2.33. The van der Waals surface area contributed by atoms with Gasteiger partial charge in [-0.3, -0.25) is 20.4 Å². The van der Waals surface area contributed by atoms with Gasteiger partial charge in [-0.25, -0.2) is 0 Å². The van der Waals surface area contributed by atoms with Crippen LogP contribution in [-0.2, 0) is 6.18 Å². The Hall–Kier alpha value is -4.01. The van der Waals surface area contributed by atoms with Crippen LogP contribution in [0.1, 0.15) is 26.3 Å². The molecule has 0 aliphatic rings. The van der Waals surface area contributed by atoms with E-state index in [4.69, 9.17) is 4.74 Å².